The SMILES string of the molecule is CCNCC(Cc1cccc(C)c1)Cc1cccc(O)c1. The van der Waals surface area contributed by atoms with Gasteiger partial charge in [-0.25, -0.2) is 0 Å². The van der Waals surface area contributed by atoms with Crippen LogP contribution in [0.5, 0.6) is 5.75 Å². The summed E-state index contributed by atoms with van der Waals surface area (Å²) in [4.78, 5) is 0. The average Bonchev–Trinajstić information content (AvgIpc) is 2.45. The first kappa shape index (κ1) is 15.6. The van der Waals surface area contributed by atoms with E-state index in [2.05, 4.69) is 49.5 Å². The van der Waals surface area contributed by atoms with E-state index in [1.54, 1.807) is 6.07 Å². The molecule has 1 unspecified atom stereocenters. The maximum Gasteiger partial charge on any atom is 0.115 e. The molecule has 0 saturated carbocycles. The van der Waals surface area contributed by atoms with E-state index < -0.39 is 0 Å². The minimum atomic E-state index is 0.352. The van der Waals surface area contributed by atoms with E-state index >= 15 is 0 Å². The van der Waals surface area contributed by atoms with Gasteiger partial charge in [-0.15, -0.1) is 0 Å². The van der Waals surface area contributed by atoms with Crippen molar-refractivity contribution in [3.63, 3.8) is 0 Å². The Kier molecular flexibility index (Phi) is 5.82. The van der Waals surface area contributed by atoms with Gasteiger partial charge in [-0.2, -0.15) is 0 Å². The van der Waals surface area contributed by atoms with Crippen molar-refractivity contribution < 1.29 is 5.11 Å². The number of phenolic OH excluding ortho intramolecular Hbond substituents is 1. The van der Waals surface area contributed by atoms with Crippen molar-refractivity contribution in [3.05, 3.63) is 65.2 Å². The van der Waals surface area contributed by atoms with Crippen LogP contribution in [0, 0.1) is 12.8 Å². The fraction of sp³-hybridized carbons (Fsp3) is 0.368. The molecule has 0 spiro atoms. The van der Waals surface area contributed by atoms with E-state index in [-0.39, 0.29) is 0 Å². The third-order valence-corrected chi connectivity index (χ3v) is 3.72. The summed E-state index contributed by atoms with van der Waals surface area (Å²) in [6, 6.07) is 16.3. The van der Waals surface area contributed by atoms with Gasteiger partial charge in [0.2, 0.25) is 0 Å². The third kappa shape index (κ3) is 5.24. The van der Waals surface area contributed by atoms with E-state index in [4.69, 9.17) is 0 Å². The standard InChI is InChI=1S/C19H25NO/c1-3-20-14-18(11-16-7-4-6-15(2)10-16)12-17-8-5-9-19(21)13-17/h4-10,13,18,20-21H,3,11-12,14H2,1-2H3. The van der Waals surface area contributed by atoms with Crippen LogP contribution in [0.4, 0.5) is 0 Å². The molecule has 0 radical (unpaired) electrons. The Morgan fingerprint density at radius 1 is 1.00 bits per heavy atom. The summed E-state index contributed by atoms with van der Waals surface area (Å²) >= 11 is 0. The molecule has 0 aliphatic carbocycles. The highest BCUT2D eigenvalue weighted by atomic mass is 16.3. The molecule has 0 bridgehead atoms. The maximum atomic E-state index is 9.61. The van der Waals surface area contributed by atoms with Crippen LogP contribution in [0.2, 0.25) is 0 Å². The van der Waals surface area contributed by atoms with Crippen molar-refractivity contribution in [2.24, 2.45) is 5.92 Å². The number of aryl methyl sites for hydroxylation is 1. The van der Waals surface area contributed by atoms with Gasteiger partial charge in [0.25, 0.3) is 0 Å². The van der Waals surface area contributed by atoms with E-state index in [9.17, 15) is 5.11 Å². The molecule has 0 aliphatic rings. The molecule has 112 valence electrons. The molecule has 2 aromatic rings. The molecule has 2 nitrogen and oxygen atoms in total. The molecule has 2 aromatic carbocycles. The maximum absolute atomic E-state index is 9.61. The summed E-state index contributed by atoms with van der Waals surface area (Å²) in [6.07, 6.45) is 2.04. The predicted octanol–water partition coefficient (Wildman–Crippen LogP) is 3.71. The highest BCUT2D eigenvalue weighted by molar-refractivity contribution is 5.28. The van der Waals surface area contributed by atoms with Gasteiger partial charge in [-0.1, -0.05) is 48.9 Å². The van der Waals surface area contributed by atoms with E-state index in [0.717, 1.165) is 25.9 Å². The van der Waals surface area contributed by atoms with Gasteiger partial charge in [0.1, 0.15) is 5.75 Å². The number of phenols is 1. The lowest BCUT2D eigenvalue weighted by molar-refractivity contribution is 0.465. The van der Waals surface area contributed by atoms with E-state index in [1.807, 2.05) is 12.1 Å². The molecular weight excluding hydrogens is 258 g/mol. The Bertz CT molecular complexity index is 517. The van der Waals surface area contributed by atoms with Gasteiger partial charge < -0.3 is 10.4 Å². The molecule has 0 saturated heterocycles. The largest absolute Gasteiger partial charge is 0.508 e. The highest BCUT2D eigenvalue weighted by Gasteiger charge is 2.11. The third-order valence-electron chi connectivity index (χ3n) is 3.72. The zero-order valence-corrected chi connectivity index (χ0v) is 13.0. The Morgan fingerprint density at radius 3 is 2.29 bits per heavy atom. The summed E-state index contributed by atoms with van der Waals surface area (Å²) in [5, 5.41) is 13.1. The number of benzene rings is 2. The number of hydrogen-bond acceptors (Lipinski definition) is 2. The zero-order valence-electron chi connectivity index (χ0n) is 13.0. The second kappa shape index (κ2) is 7.84. The molecule has 2 rings (SSSR count). The molecule has 2 heteroatoms. The van der Waals surface area contributed by atoms with E-state index in [0.29, 0.717) is 11.7 Å². The van der Waals surface area contributed by atoms with Crippen LogP contribution < -0.4 is 5.32 Å². The first-order valence-electron chi connectivity index (χ1n) is 7.71. The lowest BCUT2D eigenvalue weighted by Gasteiger charge is -2.18. The topological polar surface area (TPSA) is 32.3 Å². The van der Waals surface area contributed by atoms with Gasteiger partial charge >= 0.3 is 0 Å². The van der Waals surface area contributed by atoms with Crippen LogP contribution in [0.1, 0.15) is 23.6 Å². The molecule has 0 heterocycles. The lowest BCUT2D eigenvalue weighted by Crippen LogP contribution is -2.25. The fourth-order valence-electron chi connectivity index (χ4n) is 2.75. The van der Waals surface area contributed by atoms with Crippen molar-refractivity contribution >= 4 is 0 Å². The number of nitrogens with one attached hydrogen (secondary N) is 1. The summed E-state index contributed by atoms with van der Waals surface area (Å²) in [6.45, 7) is 6.26. The number of aromatic hydroxyl groups is 1. The minimum absolute atomic E-state index is 0.352. The molecule has 0 aromatic heterocycles. The molecule has 1 atom stereocenters. The molecule has 0 amide bonds. The molecular formula is C19H25NO. The van der Waals surface area contributed by atoms with Crippen LogP contribution in [0.25, 0.3) is 0 Å². The van der Waals surface area contributed by atoms with Gasteiger partial charge in [0.05, 0.1) is 0 Å². The highest BCUT2D eigenvalue weighted by Crippen LogP contribution is 2.18. The molecule has 0 aliphatic heterocycles. The van der Waals surface area contributed by atoms with Gasteiger partial charge in [-0.3, -0.25) is 0 Å². The van der Waals surface area contributed by atoms with Crippen LogP contribution in [0.15, 0.2) is 48.5 Å². The van der Waals surface area contributed by atoms with Crippen molar-refractivity contribution in [2.45, 2.75) is 26.7 Å². The van der Waals surface area contributed by atoms with Crippen molar-refractivity contribution in [2.75, 3.05) is 13.1 Å². The Morgan fingerprint density at radius 2 is 1.67 bits per heavy atom. The summed E-state index contributed by atoms with van der Waals surface area (Å²) in [5.41, 5.74) is 3.90. The Balaban J connectivity index is 2.06. The molecule has 2 N–H and O–H groups in total. The first-order valence-corrected chi connectivity index (χ1v) is 7.71. The quantitative estimate of drug-likeness (QED) is 0.812. The van der Waals surface area contributed by atoms with Gasteiger partial charge in [-0.05, 0) is 62.0 Å². The summed E-state index contributed by atoms with van der Waals surface area (Å²) in [7, 11) is 0. The van der Waals surface area contributed by atoms with Gasteiger partial charge in [0, 0.05) is 0 Å². The second-order valence-electron chi connectivity index (χ2n) is 5.74. The van der Waals surface area contributed by atoms with Crippen LogP contribution >= 0.6 is 0 Å². The molecule has 21 heavy (non-hydrogen) atoms. The number of rotatable bonds is 7. The Labute approximate surface area is 127 Å². The second-order valence-corrected chi connectivity index (χ2v) is 5.74. The average molecular weight is 283 g/mol. The molecule has 0 fully saturated rings. The minimum Gasteiger partial charge on any atom is -0.508 e. The predicted molar refractivity (Wildman–Crippen MR) is 88.7 cm³/mol. The van der Waals surface area contributed by atoms with Crippen LogP contribution in [-0.4, -0.2) is 18.2 Å². The Hall–Kier alpha value is -1.80. The fourth-order valence-corrected chi connectivity index (χ4v) is 2.75. The first-order chi connectivity index (χ1) is 10.2. The lowest BCUT2D eigenvalue weighted by atomic mass is 9.92. The summed E-state index contributed by atoms with van der Waals surface area (Å²) in [5.74, 6) is 0.888. The number of hydrogen-bond donors (Lipinski definition) is 2. The van der Waals surface area contributed by atoms with E-state index in [1.165, 1.54) is 16.7 Å². The van der Waals surface area contributed by atoms with Gasteiger partial charge in [0.15, 0.2) is 0 Å². The van der Waals surface area contributed by atoms with Crippen LogP contribution in [0.3, 0.4) is 0 Å². The van der Waals surface area contributed by atoms with Crippen molar-refractivity contribution in [3.8, 4) is 5.75 Å². The summed E-state index contributed by atoms with van der Waals surface area (Å²) < 4.78 is 0. The van der Waals surface area contributed by atoms with Crippen molar-refractivity contribution in [1.82, 2.24) is 5.32 Å². The van der Waals surface area contributed by atoms with Crippen molar-refractivity contribution in [1.29, 1.82) is 0 Å². The van der Waals surface area contributed by atoms with Crippen LogP contribution in [-0.2, 0) is 12.8 Å². The monoisotopic (exact) mass is 283 g/mol. The normalized spacial score (nSPS) is 12.3. The zero-order chi connectivity index (χ0) is 15.1. The smallest absolute Gasteiger partial charge is 0.115 e.